The van der Waals surface area contributed by atoms with Crippen LogP contribution in [0, 0.1) is 12.3 Å². The first kappa shape index (κ1) is 32.5. The number of hydrogen-bond donors (Lipinski definition) is 4. The number of amides is 4. The van der Waals surface area contributed by atoms with Crippen LogP contribution < -0.4 is 16.0 Å². The van der Waals surface area contributed by atoms with Crippen molar-refractivity contribution in [2.75, 3.05) is 27.3 Å². The Hall–Kier alpha value is -3.06. The third-order valence-electron chi connectivity index (χ3n) is 7.22. The monoisotopic (exact) mass is 589 g/mol. The molecular formula is C29H43N5O6S. The van der Waals surface area contributed by atoms with Crippen molar-refractivity contribution in [2.45, 2.75) is 78.0 Å². The summed E-state index contributed by atoms with van der Waals surface area (Å²) < 4.78 is 10.3. The van der Waals surface area contributed by atoms with Crippen LogP contribution >= 0.6 is 11.3 Å². The van der Waals surface area contributed by atoms with Gasteiger partial charge in [0, 0.05) is 40.2 Å². The molecule has 1 aliphatic rings. The standard InChI is InChI=1S/C29H43N5O6S/c1-17(19-8-10-20(11-9-19)24-18(2)31-16-41-24)32-26(36)22-14-21(35)15-34(22)27(37)25(29(3,4)5)33-28(38)30-13-12-23(39-6)40-7/h8-11,16-17,21-23,25,35H,12-15H2,1-7H3,(H,32,36)(H2,30,33,38)/t17-,21+,22-,25?/m0/s1. The van der Waals surface area contributed by atoms with Gasteiger partial charge in [0.1, 0.15) is 12.1 Å². The predicted octanol–water partition coefficient (Wildman–Crippen LogP) is 2.98. The van der Waals surface area contributed by atoms with Crippen molar-refractivity contribution >= 4 is 29.2 Å². The molecule has 1 aromatic heterocycles. The number of carbonyl (C=O) groups excluding carboxylic acids is 3. The number of carbonyl (C=O) groups is 3. The van der Waals surface area contributed by atoms with Gasteiger partial charge in [0.25, 0.3) is 0 Å². The van der Waals surface area contributed by atoms with Crippen LogP contribution in [0.2, 0.25) is 0 Å². The molecule has 11 nitrogen and oxygen atoms in total. The third kappa shape index (κ3) is 8.48. The summed E-state index contributed by atoms with van der Waals surface area (Å²) in [5.41, 5.74) is 4.10. The molecule has 2 heterocycles. The number of nitrogens with zero attached hydrogens (tertiary/aromatic N) is 2. The maximum Gasteiger partial charge on any atom is 0.315 e. The Labute approximate surface area is 246 Å². The molecule has 226 valence electrons. The van der Waals surface area contributed by atoms with Crippen molar-refractivity contribution in [3.05, 3.63) is 41.0 Å². The molecule has 1 saturated heterocycles. The zero-order valence-corrected chi connectivity index (χ0v) is 25.7. The van der Waals surface area contributed by atoms with E-state index in [2.05, 4.69) is 20.9 Å². The molecular weight excluding hydrogens is 546 g/mol. The van der Waals surface area contributed by atoms with E-state index in [1.165, 1.54) is 19.1 Å². The van der Waals surface area contributed by atoms with E-state index in [1.54, 1.807) is 11.3 Å². The molecule has 1 fully saturated rings. The van der Waals surface area contributed by atoms with Gasteiger partial charge in [-0.3, -0.25) is 9.59 Å². The van der Waals surface area contributed by atoms with Crippen molar-refractivity contribution in [2.24, 2.45) is 5.41 Å². The molecule has 0 saturated carbocycles. The van der Waals surface area contributed by atoms with Crippen molar-refractivity contribution < 1.29 is 29.0 Å². The van der Waals surface area contributed by atoms with Crippen LogP contribution in [-0.4, -0.2) is 84.6 Å². The Morgan fingerprint density at radius 3 is 2.37 bits per heavy atom. The Morgan fingerprint density at radius 2 is 1.80 bits per heavy atom. The van der Waals surface area contributed by atoms with E-state index in [0.29, 0.717) is 6.42 Å². The average molecular weight is 590 g/mol. The topological polar surface area (TPSA) is 142 Å². The quantitative estimate of drug-likeness (QED) is 0.295. The minimum Gasteiger partial charge on any atom is -0.391 e. The lowest BCUT2D eigenvalue weighted by molar-refractivity contribution is -0.142. The minimum atomic E-state index is -0.927. The number of urea groups is 1. The molecule has 4 atom stereocenters. The van der Waals surface area contributed by atoms with Crippen LogP contribution in [0.1, 0.15) is 57.8 Å². The first-order valence-corrected chi connectivity index (χ1v) is 14.6. The van der Waals surface area contributed by atoms with Gasteiger partial charge >= 0.3 is 6.03 Å². The van der Waals surface area contributed by atoms with Gasteiger partial charge in [-0.1, -0.05) is 45.0 Å². The highest BCUT2D eigenvalue weighted by Gasteiger charge is 2.44. The Bertz CT molecular complexity index is 1180. The van der Waals surface area contributed by atoms with E-state index >= 15 is 0 Å². The van der Waals surface area contributed by atoms with Crippen molar-refractivity contribution in [1.29, 1.82) is 0 Å². The molecule has 4 N–H and O–H groups in total. The number of ether oxygens (including phenoxy) is 2. The van der Waals surface area contributed by atoms with Gasteiger partial charge in [-0.25, -0.2) is 9.78 Å². The Morgan fingerprint density at radius 1 is 1.15 bits per heavy atom. The van der Waals surface area contributed by atoms with Gasteiger partial charge in [-0.2, -0.15) is 0 Å². The second kappa shape index (κ2) is 14.2. The summed E-state index contributed by atoms with van der Waals surface area (Å²) in [7, 11) is 3.03. The Balaban J connectivity index is 1.66. The fourth-order valence-corrected chi connectivity index (χ4v) is 5.64. The highest BCUT2D eigenvalue weighted by molar-refractivity contribution is 7.13. The number of nitrogens with one attached hydrogen (secondary N) is 3. The molecule has 0 radical (unpaired) electrons. The number of benzene rings is 1. The summed E-state index contributed by atoms with van der Waals surface area (Å²) in [5.74, 6) is -0.778. The van der Waals surface area contributed by atoms with Gasteiger partial charge in [0.2, 0.25) is 11.8 Å². The van der Waals surface area contributed by atoms with E-state index < -0.39 is 41.8 Å². The molecule has 0 aliphatic carbocycles. The minimum absolute atomic E-state index is 0.00738. The number of aliphatic hydroxyl groups is 1. The largest absolute Gasteiger partial charge is 0.391 e. The highest BCUT2D eigenvalue weighted by Crippen LogP contribution is 2.29. The molecule has 12 heteroatoms. The number of aliphatic hydroxyl groups excluding tert-OH is 1. The SMILES string of the molecule is COC(CCNC(=O)NC(C(=O)N1C[C@H](O)C[C@H]1C(=O)N[C@@H](C)c1ccc(-c2scnc2C)cc1)C(C)(C)C)OC. The number of thiazole rings is 1. The van der Waals surface area contributed by atoms with Gasteiger partial charge in [0.15, 0.2) is 6.29 Å². The molecule has 1 aromatic carbocycles. The molecule has 1 aliphatic heterocycles. The first-order valence-electron chi connectivity index (χ1n) is 13.7. The number of likely N-dealkylation sites (tertiary alicyclic amines) is 1. The number of hydrogen-bond acceptors (Lipinski definition) is 8. The lowest BCUT2D eigenvalue weighted by Crippen LogP contribution is -2.59. The molecule has 2 aromatic rings. The number of methoxy groups -OCH3 is 2. The van der Waals surface area contributed by atoms with E-state index in [0.717, 1.165) is 21.7 Å². The lowest BCUT2D eigenvalue weighted by Gasteiger charge is -2.35. The first-order chi connectivity index (χ1) is 19.3. The van der Waals surface area contributed by atoms with Crippen LogP contribution in [0.3, 0.4) is 0 Å². The number of β-amino-alcohol motifs (C(OH)–C–C–N with tert-alkyl or cyclic N) is 1. The van der Waals surface area contributed by atoms with Crippen LogP contribution in [0.5, 0.6) is 0 Å². The lowest BCUT2D eigenvalue weighted by atomic mass is 9.85. The number of aryl methyl sites for hydroxylation is 1. The van der Waals surface area contributed by atoms with Crippen molar-refractivity contribution in [3.8, 4) is 10.4 Å². The highest BCUT2D eigenvalue weighted by atomic mass is 32.1. The molecule has 41 heavy (non-hydrogen) atoms. The summed E-state index contributed by atoms with van der Waals surface area (Å²) in [6.07, 6.45) is -0.752. The maximum absolute atomic E-state index is 13.7. The summed E-state index contributed by atoms with van der Waals surface area (Å²) in [4.78, 5) is 46.6. The molecule has 1 unspecified atom stereocenters. The van der Waals surface area contributed by atoms with E-state index in [-0.39, 0.29) is 31.5 Å². The molecule has 3 rings (SSSR count). The molecule has 0 bridgehead atoms. The second-order valence-corrected chi connectivity index (χ2v) is 12.3. The maximum atomic E-state index is 13.7. The number of aromatic nitrogens is 1. The average Bonchev–Trinajstić information content (AvgIpc) is 3.54. The second-order valence-electron chi connectivity index (χ2n) is 11.4. The fourth-order valence-electron chi connectivity index (χ4n) is 4.83. The normalized spacial score (nSPS) is 18.7. The van der Waals surface area contributed by atoms with Crippen LogP contribution in [0.25, 0.3) is 10.4 Å². The number of rotatable bonds is 11. The van der Waals surface area contributed by atoms with E-state index in [9.17, 15) is 19.5 Å². The summed E-state index contributed by atoms with van der Waals surface area (Å²) in [5, 5.41) is 18.9. The summed E-state index contributed by atoms with van der Waals surface area (Å²) in [6.45, 7) is 9.64. The third-order valence-corrected chi connectivity index (χ3v) is 8.20. The van der Waals surface area contributed by atoms with Crippen molar-refractivity contribution in [1.82, 2.24) is 25.8 Å². The van der Waals surface area contributed by atoms with Gasteiger partial charge in [-0.15, -0.1) is 11.3 Å². The van der Waals surface area contributed by atoms with Crippen LogP contribution in [0.4, 0.5) is 4.79 Å². The molecule has 0 spiro atoms. The van der Waals surface area contributed by atoms with E-state index in [4.69, 9.17) is 9.47 Å². The van der Waals surface area contributed by atoms with Gasteiger partial charge < -0.3 is 35.4 Å². The van der Waals surface area contributed by atoms with E-state index in [1.807, 2.05) is 64.4 Å². The van der Waals surface area contributed by atoms with Crippen molar-refractivity contribution in [3.63, 3.8) is 0 Å². The smallest absolute Gasteiger partial charge is 0.315 e. The van der Waals surface area contributed by atoms with Crippen LogP contribution in [-0.2, 0) is 19.1 Å². The zero-order valence-electron chi connectivity index (χ0n) is 24.9. The summed E-state index contributed by atoms with van der Waals surface area (Å²) >= 11 is 1.58. The summed E-state index contributed by atoms with van der Waals surface area (Å²) in [6, 6.07) is 5.31. The van der Waals surface area contributed by atoms with Gasteiger partial charge in [0.05, 0.1) is 28.2 Å². The fraction of sp³-hybridized carbons (Fsp3) is 0.586. The zero-order chi connectivity index (χ0) is 30.3. The van der Waals surface area contributed by atoms with Gasteiger partial charge in [-0.05, 0) is 30.4 Å². The predicted molar refractivity (Wildman–Crippen MR) is 157 cm³/mol. The molecule has 4 amide bonds. The Kier molecular flexibility index (Phi) is 11.3. The van der Waals surface area contributed by atoms with Crippen LogP contribution in [0.15, 0.2) is 29.8 Å².